The van der Waals surface area contributed by atoms with Crippen molar-refractivity contribution in [3.8, 4) is 23.0 Å². The topological polar surface area (TPSA) is 135 Å². The normalized spacial score (nSPS) is 22.2. The monoisotopic (exact) mass is 787 g/mol. The Bertz CT molecular complexity index is 2320. The van der Waals surface area contributed by atoms with Crippen LogP contribution in [-0.2, 0) is 23.9 Å². The molecular formula is C40H41ClF3N9O3. The van der Waals surface area contributed by atoms with Crippen LogP contribution in [0.1, 0.15) is 47.2 Å². The molecule has 5 aliphatic heterocycles. The summed E-state index contributed by atoms with van der Waals surface area (Å²) in [5.41, 5.74) is 8.79. The molecule has 3 aromatic heterocycles. The number of carbonyl (C=O) groups excluding carboxylic acids is 1. The Balaban J connectivity index is 1.09. The molecule has 292 valence electrons. The van der Waals surface area contributed by atoms with Crippen molar-refractivity contribution < 1.29 is 27.4 Å². The summed E-state index contributed by atoms with van der Waals surface area (Å²) in [5, 5.41) is 3.73. The fourth-order valence-corrected chi connectivity index (χ4v) is 9.45. The Labute approximate surface area is 326 Å². The molecule has 5 aliphatic rings. The van der Waals surface area contributed by atoms with Gasteiger partial charge in [-0.3, -0.25) is 14.7 Å². The number of hydrogen-bond acceptors (Lipinski definition) is 11. The molecule has 1 aromatic carbocycles. The van der Waals surface area contributed by atoms with Crippen LogP contribution in [0, 0.1) is 6.92 Å². The lowest BCUT2D eigenvalue weighted by Gasteiger charge is -2.40. The van der Waals surface area contributed by atoms with Crippen LogP contribution in [0.4, 0.5) is 24.8 Å². The molecule has 3 fully saturated rings. The standard InChI is InChI=1S/C40H41ClF3N9O3/c1-22-16-39(8-3-11-52(39)18-22)21-56-38-48-29-15-26(35-33(40(42,43)44)23(2)14-30(45)49-35)34(41)36-32(29)37(50-38)53-13-12-51(19-25(53)20-55-36)31(54)5-4-28-27-17-46-9-6-24(27)7-10-47-28/h4-5,7,10,14-15,25,46H,1,3,6,8-9,11-13,16-21H2,2H3,(H2,45,49)/b5-4+/t25-,39-/m0/s1. The minimum atomic E-state index is -4.76. The van der Waals surface area contributed by atoms with E-state index in [9.17, 15) is 18.0 Å². The van der Waals surface area contributed by atoms with Gasteiger partial charge in [-0.15, -0.1) is 0 Å². The van der Waals surface area contributed by atoms with E-state index in [1.165, 1.54) is 24.6 Å². The number of halogens is 4. The largest absolute Gasteiger partial charge is 0.489 e. The zero-order chi connectivity index (χ0) is 38.9. The molecule has 0 saturated carbocycles. The van der Waals surface area contributed by atoms with Gasteiger partial charge in [0.25, 0.3) is 0 Å². The summed E-state index contributed by atoms with van der Waals surface area (Å²) in [6, 6.07) is 4.38. The van der Waals surface area contributed by atoms with Crippen LogP contribution < -0.4 is 25.4 Å². The van der Waals surface area contributed by atoms with Crippen molar-refractivity contribution in [1.82, 2.24) is 35.1 Å². The number of benzene rings is 1. The number of nitrogens with two attached hydrogens (primary N) is 1. The molecule has 1 amide bonds. The molecule has 0 aliphatic carbocycles. The molecule has 4 aromatic rings. The summed E-state index contributed by atoms with van der Waals surface area (Å²) >= 11 is 7.04. The fourth-order valence-electron chi connectivity index (χ4n) is 9.16. The van der Waals surface area contributed by atoms with E-state index in [0.717, 1.165) is 62.1 Å². The van der Waals surface area contributed by atoms with Gasteiger partial charge in [0, 0.05) is 50.6 Å². The highest BCUT2D eigenvalue weighted by molar-refractivity contribution is 6.36. The summed E-state index contributed by atoms with van der Waals surface area (Å²) in [6.45, 7) is 10.4. The summed E-state index contributed by atoms with van der Waals surface area (Å²) in [7, 11) is 0. The summed E-state index contributed by atoms with van der Waals surface area (Å²) in [6.07, 6.45) is 4.03. The number of nitrogen functional groups attached to an aromatic ring is 1. The van der Waals surface area contributed by atoms with Crippen molar-refractivity contribution in [1.29, 1.82) is 0 Å². The number of fused-ring (bicyclic) bond motifs is 4. The van der Waals surface area contributed by atoms with Gasteiger partial charge >= 0.3 is 12.2 Å². The van der Waals surface area contributed by atoms with Gasteiger partial charge in [-0.1, -0.05) is 23.8 Å². The highest BCUT2D eigenvalue weighted by atomic mass is 35.5. The van der Waals surface area contributed by atoms with Crippen LogP contribution in [-0.4, -0.2) is 99.7 Å². The van der Waals surface area contributed by atoms with E-state index in [1.807, 2.05) is 6.07 Å². The minimum Gasteiger partial charge on any atom is -0.489 e. The fraction of sp³-hybridized carbons (Fsp3) is 0.425. The lowest BCUT2D eigenvalue weighted by atomic mass is 9.94. The van der Waals surface area contributed by atoms with E-state index in [4.69, 9.17) is 36.8 Å². The van der Waals surface area contributed by atoms with Crippen LogP contribution in [0.2, 0.25) is 5.02 Å². The third kappa shape index (κ3) is 6.39. The number of nitrogens with zero attached hydrogens (tertiary/aromatic N) is 7. The quantitative estimate of drug-likeness (QED) is 0.187. The lowest BCUT2D eigenvalue weighted by Crippen LogP contribution is -2.56. The van der Waals surface area contributed by atoms with Crippen molar-refractivity contribution in [3.05, 3.63) is 75.6 Å². The molecule has 3 N–H and O–H groups in total. The minimum absolute atomic E-state index is 0.0335. The third-order valence-corrected chi connectivity index (χ3v) is 12.1. The van der Waals surface area contributed by atoms with Gasteiger partial charge in [-0.25, -0.2) is 4.98 Å². The van der Waals surface area contributed by atoms with Gasteiger partial charge in [-0.2, -0.15) is 23.1 Å². The zero-order valence-corrected chi connectivity index (χ0v) is 31.6. The molecule has 8 heterocycles. The first-order valence-electron chi connectivity index (χ1n) is 18.9. The van der Waals surface area contributed by atoms with E-state index in [0.29, 0.717) is 44.0 Å². The maximum Gasteiger partial charge on any atom is 0.418 e. The summed E-state index contributed by atoms with van der Waals surface area (Å²) in [5.74, 6) is 0.336. The van der Waals surface area contributed by atoms with Crippen LogP contribution >= 0.6 is 11.6 Å². The first kappa shape index (κ1) is 36.6. The van der Waals surface area contributed by atoms with Crippen LogP contribution in [0.15, 0.2) is 42.6 Å². The summed E-state index contributed by atoms with van der Waals surface area (Å²) in [4.78, 5) is 38.3. The van der Waals surface area contributed by atoms with Gasteiger partial charge in [0.05, 0.1) is 44.5 Å². The van der Waals surface area contributed by atoms with Crippen molar-refractivity contribution in [2.75, 3.05) is 63.1 Å². The first-order valence-corrected chi connectivity index (χ1v) is 19.2. The van der Waals surface area contributed by atoms with E-state index in [2.05, 4.69) is 31.7 Å². The predicted molar refractivity (Wildman–Crippen MR) is 207 cm³/mol. The highest BCUT2D eigenvalue weighted by Gasteiger charge is 2.47. The van der Waals surface area contributed by atoms with Gasteiger partial charge in [-0.05, 0) is 86.7 Å². The number of hydrogen-bond donors (Lipinski definition) is 2. The maximum atomic E-state index is 14.6. The molecule has 3 saturated heterocycles. The van der Waals surface area contributed by atoms with E-state index in [-0.39, 0.29) is 63.3 Å². The van der Waals surface area contributed by atoms with E-state index >= 15 is 0 Å². The second-order valence-corrected chi connectivity index (χ2v) is 15.8. The summed E-state index contributed by atoms with van der Waals surface area (Å²) < 4.78 is 56.7. The SMILES string of the molecule is C=C1CN2CCC[C@@]2(COc2nc3c4c(c(Cl)c(-c5nc(N)cc(C)c5C(F)(F)F)cc4n2)OC[C@@H]2CN(C(=O)/C=C/c4nccc5c4CNCC5)CCN32)C1. The Morgan fingerprint density at radius 1 is 1.23 bits per heavy atom. The smallest absolute Gasteiger partial charge is 0.418 e. The number of aryl methyl sites for hydroxylation is 1. The number of ether oxygens (including phenoxy) is 2. The second kappa shape index (κ2) is 13.9. The second-order valence-electron chi connectivity index (χ2n) is 15.4. The third-order valence-electron chi connectivity index (χ3n) is 11.8. The molecule has 0 spiro atoms. The first-order chi connectivity index (χ1) is 26.9. The Kier molecular flexibility index (Phi) is 9.08. The number of alkyl halides is 3. The predicted octanol–water partition coefficient (Wildman–Crippen LogP) is 5.59. The molecule has 9 rings (SSSR count). The van der Waals surface area contributed by atoms with Gasteiger partial charge in [0.2, 0.25) is 5.91 Å². The average Bonchev–Trinajstić information content (AvgIpc) is 3.63. The number of rotatable bonds is 6. The average molecular weight is 788 g/mol. The number of amides is 1. The Morgan fingerprint density at radius 3 is 2.93 bits per heavy atom. The highest BCUT2D eigenvalue weighted by Crippen LogP contribution is 2.49. The number of aromatic nitrogens is 4. The number of pyridine rings is 2. The Hall–Kier alpha value is -4.99. The van der Waals surface area contributed by atoms with E-state index in [1.54, 1.807) is 23.2 Å². The number of anilines is 2. The van der Waals surface area contributed by atoms with Crippen LogP contribution in [0.3, 0.4) is 0 Å². The van der Waals surface area contributed by atoms with Crippen LogP contribution in [0.25, 0.3) is 28.2 Å². The molecule has 2 atom stereocenters. The lowest BCUT2D eigenvalue weighted by molar-refractivity contribution is -0.137. The molecule has 12 nitrogen and oxygen atoms in total. The van der Waals surface area contributed by atoms with Crippen LogP contribution in [0.5, 0.6) is 11.8 Å². The van der Waals surface area contributed by atoms with Crippen molar-refractivity contribution in [3.63, 3.8) is 0 Å². The maximum absolute atomic E-state index is 14.6. The van der Waals surface area contributed by atoms with Gasteiger partial charge in [0.15, 0.2) is 5.75 Å². The van der Waals surface area contributed by atoms with Crippen molar-refractivity contribution in [2.24, 2.45) is 0 Å². The Morgan fingerprint density at radius 2 is 2.09 bits per heavy atom. The van der Waals surface area contributed by atoms with Gasteiger partial charge in [0.1, 0.15) is 24.8 Å². The molecule has 0 bridgehead atoms. The molecule has 0 unspecified atom stereocenters. The number of carbonyl (C=O) groups is 1. The molecule has 16 heteroatoms. The molecular weight excluding hydrogens is 747 g/mol. The molecule has 56 heavy (non-hydrogen) atoms. The van der Waals surface area contributed by atoms with E-state index < -0.39 is 17.4 Å². The number of piperazine rings is 1. The van der Waals surface area contributed by atoms with Crippen molar-refractivity contribution >= 4 is 46.1 Å². The molecule has 0 radical (unpaired) electrons. The number of nitrogens with one attached hydrogen (secondary N) is 1. The van der Waals surface area contributed by atoms with Gasteiger partial charge < -0.3 is 30.3 Å². The van der Waals surface area contributed by atoms with Crippen molar-refractivity contribution in [2.45, 2.75) is 56.9 Å². The zero-order valence-electron chi connectivity index (χ0n) is 30.9.